The highest BCUT2D eigenvalue weighted by atomic mass is 32.2. The summed E-state index contributed by atoms with van der Waals surface area (Å²) in [6.45, 7) is 4.58. The van der Waals surface area contributed by atoms with Crippen molar-refractivity contribution >= 4 is 17.7 Å². The zero-order chi connectivity index (χ0) is 15.6. The van der Waals surface area contributed by atoms with E-state index >= 15 is 0 Å². The molecule has 1 aliphatic rings. The minimum absolute atomic E-state index is 0.0684. The average Bonchev–Trinajstić information content (AvgIpc) is 3.00. The Morgan fingerprint density at radius 1 is 1.41 bits per heavy atom. The molecule has 1 atom stereocenters. The molecule has 1 fully saturated rings. The third kappa shape index (κ3) is 3.02. The zero-order valence-corrected chi connectivity index (χ0v) is 13.5. The van der Waals surface area contributed by atoms with Gasteiger partial charge in [-0.25, -0.2) is 9.48 Å². The number of hydrogen-bond donors (Lipinski definition) is 0. The standard InChI is InChI=1S/C16H19N3O2S/c1-12(13-6-4-3-5-7-13)19-14(8-17-18-19)15(20)21-9-16(2)10-22-11-16/h3-8,12H,9-11H2,1-2H3/t12-/m1/s1. The van der Waals surface area contributed by atoms with E-state index in [-0.39, 0.29) is 17.4 Å². The van der Waals surface area contributed by atoms with Crippen molar-refractivity contribution in [3.63, 3.8) is 0 Å². The summed E-state index contributed by atoms with van der Waals surface area (Å²) in [5.74, 6) is 1.72. The molecule has 1 aliphatic heterocycles. The summed E-state index contributed by atoms with van der Waals surface area (Å²) in [5.41, 5.74) is 1.58. The van der Waals surface area contributed by atoms with Crippen molar-refractivity contribution in [3.8, 4) is 0 Å². The van der Waals surface area contributed by atoms with E-state index in [1.54, 1.807) is 4.68 Å². The van der Waals surface area contributed by atoms with Gasteiger partial charge in [-0.15, -0.1) is 5.10 Å². The Morgan fingerprint density at radius 2 is 2.14 bits per heavy atom. The predicted molar refractivity (Wildman–Crippen MR) is 86.0 cm³/mol. The second-order valence-corrected chi connectivity index (χ2v) is 7.02. The molecular formula is C16H19N3O2S. The van der Waals surface area contributed by atoms with Crippen molar-refractivity contribution in [1.82, 2.24) is 15.0 Å². The highest BCUT2D eigenvalue weighted by Gasteiger charge is 2.34. The predicted octanol–water partition coefficient (Wildman–Crippen LogP) is 2.80. The average molecular weight is 317 g/mol. The number of aromatic nitrogens is 3. The molecule has 0 saturated carbocycles. The van der Waals surface area contributed by atoms with Gasteiger partial charge >= 0.3 is 5.97 Å². The van der Waals surface area contributed by atoms with Crippen LogP contribution in [0.4, 0.5) is 0 Å². The van der Waals surface area contributed by atoms with Crippen LogP contribution < -0.4 is 0 Å². The van der Waals surface area contributed by atoms with Gasteiger partial charge in [0.25, 0.3) is 0 Å². The Hall–Kier alpha value is -1.82. The Kier molecular flexibility index (Phi) is 4.20. The molecule has 116 valence electrons. The van der Waals surface area contributed by atoms with Crippen LogP contribution in [0, 0.1) is 5.41 Å². The van der Waals surface area contributed by atoms with Crippen LogP contribution in [0.25, 0.3) is 0 Å². The van der Waals surface area contributed by atoms with Crippen molar-refractivity contribution in [2.24, 2.45) is 5.41 Å². The Balaban J connectivity index is 1.72. The van der Waals surface area contributed by atoms with Gasteiger partial charge in [0.05, 0.1) is 18.8 Å². The molecule has 0 unspecified atom stereocenters. The van der Waals surface area contributed by atoms with Crippen molar-refractivity contribution in [3.05, 3.63) is 47.8 Å². The molecule has 0 aliphatic carbocycles. The second-order valence-electron chi connectivity index (χ2n) is 6.03. The van der Waals surface area contributed by atoms with E-state index in [9.17, 15) is 4.79 Å². The van der Waals surface area contributed by atoms with Crippen LogP contribution in [-0.4, -0.2) is 39.1 Å². The first-order valence-corrected chi connectivity index (χ1v) is 8.45. The van der Waals surface area contributed by atoms with Gasteiger partial charge in [0.1, 0.15) is 0 Å². The summed E-state index contributed by atoms with van der Waals surface area (Å²) in [6, 6.07) is 9.85. The lowest BCUT2D eigenvalue weighted by Gasteiger charge is -2.36. The fourth-order valence-electron chi connectivity index (χ4n) is 2.40. The van der Waals surface area contributed by atoms with Crippen LogP contribution in [0.15, 0.2) is 36.5 Å². The van der Waals surface area contributed by atoms with Crippen LogP contribution in [0.5, 0.6) is 0 Å². The summed E-state index contributed by atoms with van der Waals surface area (Å²) in [4.78, 5) is 12.3. The zero-order valence-electron chi connectivity index (χ0n) is 12.7. The molecule has 0 amide bonds. The summed E-state index contributed by atoms with van der Waals surface area (Å²) in [7, 11) is 0. The smallest absolute Gasteiger partial charge is 0.358 e. The summed E-state index contributed by atoms with van der Waals surface area (Å²) in [5, 5.41) is 7.93. The minimum atomic E-state index is -0.356. The molecule has 2 aromatic rings. The first kappa shape index (κ1) is 15.1. The Morgan fingerprint density at radius 3 is 2.77 bits per heavy atom. The summed E-state index contributed by atoms with van der Waals surface area (Å²) in [6.07, 6.45) is 1.47. The lowest BCUT2D eigenvalue weighted by atomic mass is 9.96. The van der Waals surface area contributed by atoms with E-state index in [4.69, 9.17) is 4.74 Å². The number of nitrogens with zero attached hydrogens (tertiary/aromatic N) is 3. The minimum Gasteiger partial charge on any atom is -0.460 e. The molecular weight excluding hydrogens is 298 g/mol. The van der Waals surface area contributed by atoms with E-state index in [0.717, 1.165) is 17.1 Å². The number of rotatable bonds is 5. The SMILES string of the molecule is C[C@H](c1ccccc1)n1nncc1C(=O)OCC1(C)CSC1. The van der Waals surface area contributed by atoms with Gasteiger partial charge in [-0.3, -0.25) is 0 Å². The topological polar surface area (TPSA) is 57.0 Å². The number of carbonyl (C=O) groups excluding carboxylic acids is 1. The van der Waals surface area contributed by atoms with Crippen LogP contribution >= 0.6 is 11.8 Å². The van der Waals surface area contributed by atoms with Crippen molar-refractivity contribution < 1.29 is 9.53 Å². The largest absolute Gasteiger partial charge is 0.460 e. The van der Waals surface area contributed by atoms with Crippen LogP contribution in [-0.2, 0) is 4.74 Å². The van der Waals surface area contributed by atoms with Crippen LogP contribution in [0.3, 0.4) is 0 Å². The van der Waals surface area contributed by atoms with Gasteiger partial charge in [0, 0.05) is 16.9 Å². The Bertz CT molecular complexity index is 652. The summed E-state index contributed by atoms with van der Waals surface area (Å²) >= 11 is 1.88. The Labute approximate surface area is 134 Å². The molecule has 5 nitrogen and oxygen atoms in total. The first-order chi connectivity index (χ1) is 10.6. The molecule has 6 heteroatoms. The van der Waals surface area contributed by atoms with Gasteiger partial charge in [-0.2, -0.15) is 11.8 Å². The maximum atomic E-state index is 12.3. The van der Waals surface area contributed by atoms with E-state index in [1.165, 1.54) is 6.20 Å². The summed E-state index contributed by atoms with van der Waals surface area (Å²) < 4.78 is 7.09. The number of benzene rings is 1. The maximum Gasteiger partial charge on any atom is 0.358 e. The van der Waals surface area contributed by atoms with Gasteiger partial charge in [-0.05, 0) is 12.5 Å². The number of hydrogen-bond acceptors (Lipinski definition) is 5. The lowest BCUT2D eigenvalue weighted by molar-refractivity contribution is 0.0350. The molecule has 2 heterocycles. The third-order valence-electron chi connectivity index (χ3n) is 3.89. The highest BCUT2D eigenvalue weighted by molar-refractivity contribution is 8.00. The quantitative estimate of drug-likeness (QED) is 0.794. The van der Waals surface area contributed by atoms with Crippen molar-refractivity contribution in [1.29, 1.82) is 0 Å². The van der Waals surface area contributed by atoms with Gasteiger partial charge in [0.2, 0.25) is 0 Å². The van der Waals surface area contributed by atoms with Crippen LogP contribution in [0.2, 0.25) is 0 Å². The van der Waals surface area contributed by atoms with E-state index in [0.29, 0.717) is 12.3 Å². The molecule has 3 rings (SSSR count). The van der Waals surface area contributed by atoms with E-state index in [2.05, 4.69) is 17.2 Å². The number of thioether (sulfide) groups is 1. The molecule has 0 bridgehead atoms. The molecule has 22 heavy (non-hydrogen) atoms. The van der Waals surface area contributed by atoms with Gasteiger partial charge < -0.3 is 4.74 Å². The highest BCUT2D eigenvalue weighted by Crippen LogP contribution is 2.37. The first-order valence-electron chi connectivity index (χ1n) is 7.29. The monoisotopic (exact) mass is 317 g/mol. The lowest BCUT2D eigenvalue weighted by Crippen LogP contribution is -2.38. The molecule has 1 aromatic heterocycles. The van der Waals surface area contributed by atoms with Crippen LogP contribution in [0.1, 0.15) is 35.9 Å². The van der Waals surface area contributed by atoms with Gasteiger partial charge in [-0.1, -0.05) is 42.5 Å². The fraction of sp³-hybridized carbons (Fsp3) is 0.438. The normalized spacial score (nSPS) is 17.5. The molecule has 0 radical (unpaired) electrons. The number of ether oxygens (including phenoxy) is 1. The molecule has 1 aromatic carbocycles. The fourth-order valence-corrected chi connectivity index (χ4v) is 3.46. The van der Waals surface area contributed by atoms with Gasteiger partial charge in [0.15, 0.2) is 5.69 Å². The molecule has 1 saturated heterocycles. The van der Waals surface area contributed by atoms with E-state index < -0.39 is 0 Å². The van der Waals surface area contributed by atoms with Crippen molar-refractivity contribution in [2.75, 3.05) is 18.1 Å². The van der Waals surface area contributed by atoms with Crippen molar-refractivity contribution in [2.45, 2.75) is 19.9 Å². The maximum absolute atomic E-state index is 12.3. The van der Waals surface area contributed by atoms with E-state index in [1.807, 2.05) is 49.0 Å². The number of esters is 1. The second kappa shape index (κ2) is 6.12. The number of carbonyl (C=O) groups is 1. The third-order valence-corrected chi connectivity index (χ3v) is 5.69. The molecule has 0 N–H and O–H groups in total. The molecule has 0 spiro atoms.